The van der Waals surface area contributed by atoms with Crippen LogP contribution in [-0.4, -0.2) is 50.2 Å². The summed E-state index contributed by atoms with van der Waals surface area (Å²) in [5.74, 6) is -0.194. The predicted molar refractivity (Wildman–Crippen MR) is 137 cm³/mol. The maximum Gasteiger partial charge on any atom is 0.410 e. The van der Waals surface area contributed by atoms with Crippen molar-refractivity contribution in [1.29, 1.82) is 0 Å². The Bertz CT molecular complexity index is 1490. The van der Waals surface area contributed by atoms with Crippen LogP contribution in [0.2, 0.25) is 0 Å². The van der Waals surface area contributed by atoms with E-state index < -0.39 is 5.60 Å². The van der Waals surface area contributed by atoms with E-state index in [1.165, 1.54) is 0 Å². The van der Waals surface area contributed by atoms with E-state index in [0.29, 0.717) is 53.7 Å². The second kappa shape index (κ2) is 9.14. The third-order valence-electron chi connectivity index (χ3n) is 6.31. The maximum absolute atomic E-state index is 12.8. The Balaban J connectivity index is 1.46. The van der Waals surface area contributed by atoms with Crippen molar-refractivity contribution in [2.24, 2.45) is 0 Å². The van der Waals surface area contributed by atoms with Gasteiger partial charge in [0.25, 0.3) is 11.5 Å². The van der Waals surface area contributed by atoms with Crippen molar-refractivity contribution < 1.29 is 14.3 Å². The van der Waals surface area contributed by atoms with Gasteiger partial charge in [0, 0.05) is 30.6 Å². The predicted octanol–water partition coefficient (Wildman–Crippen LogP) is 4.54. The SMILES string of the molecule is CC(C)(C)OC(=O)N1CCC(c2cc(=O)[nH]c3c4c(NC(=O)c5ccccc5)cccc4nn23)CC1. The van der Waals surface area contributed by atoms with Gasteiger partial charge in [-0.2, -0.15) is 5.10 Å². The number of carbonyl (C=O) groups is 2. The fourth-order valence-corrected chi connectivity index (χ4v) is 4.65. The molecule has 0 saturated carbocycles. The molecule has 186 valence electrons. The van der Waals surface area contributed by atoms with E-state index in [-0.39, 0.29) is 23.5 Å². The number of aromatic nitrogens is 3. The number of H-pyrrole nitrogens is 1. The first kappa shape index (κ1) is 23.6. The number of anilines is 1. The zero-order valence-corrected chi connectivity index (χ0v) is 20.6. The molecule has 0 radical (unpaired) electrons. The molecule has 0 spiro atoms. The third-order valence-corrected chi connectivity index (χ3v) is 6.31. The van der Waals surface area contributed by atoms with Crippen LogP contribution in [0.4, 0.5) is 10.5 Å². The van der Waals surface area contributed by atoms with Crippen molar-refractivity contribution in [1.82, 2.24) is 19.5 Å². The highest BCUT2D eigenvalue weighted by Gasteiger charge is 2.29. The molecule has 1 fully saturated rings. The number of nitrogens with one attached hydrogen (secondary N) is 2. The van der Waals surface area contributed by atoms with Crippen LogP contribution < -0.4 is 10.9 Å². The molecular formula is C27H29N5O4. The van der Waals surface area contributed by atoms with Crippen LogP contribution in [-0.2, 0) is 4.74 Å². The van der Waals surface area contributed by atoms with Gasteiger partial charge in [-0.15, -0.1) is 0 Å². The highest BCUT2D eigenvalue weighted by molar-refractivity contribution is 6.11. The molecule has 0 atom stereocenters. The van der Waals surface area contributed by atoms with Crippen LogP contribution in [0.1, 0.15) is 55.6 Å². The molecule has 2 N–H and O–H groups in total. The van der Waals surface area contributed by atoms with Gasteiger partial charge in [0.2, 0.25) is 0 Å². The molecule has 5 rings (SSSR count). The number of piperidine rings is 1. The van der Waals surface area contributed by atoms with E-state index in [9.17, 15) is 14.4 Å². The summed E-state index contributed by atoms with van der Waals surface area (Å²) in [5, 5.41) is 8.40. The van der Waals surface area contributed by atoms with E-state index in [2.05, 4.69) is 10.3 Å². The highest BCUT2D eigenvalue weighted by Crippen LogP contribution is 2.32. The summed E-state index contributed by atoms with van der Waals surface area (Å²) in [6.07, 6.45) is 1.05. The Labute approximate surface area is 208 Å². The first-order chi connectivity index (χ1) is 17.2. The zero-order chi connectivity index (χ0) is 25.4. The molecule has 1 aliphatic rings. The molecule has 0 unspecified atom stereocenters. The fourth-order valence-electron chi connectivity index (χ4n) is 4.65. The molecular weight excluding hydrogens is 458 g/mol. The average molecular weight is 488 g/mol. The first-order valence-electron chi connectivity index (χ1n) is 12.1. The molecule has 36 heavy (non-hydrogen) atoms. The molecule has 0 aliphatic carbocycles. The third kappa shape index (κ3) is 4.68. The van der Waals surface area contributed by atoms with E-state index in [0.717, 1.165) is 5.69 Å². The molecule has 0 bridgehead atoms. The van der Waals surface area contributed by atoms with Gasteiger partial charge in [0.1, 0.15) is 11.2 Å². The summed E-state index contributed by atoms with van der Waals surface area (Å²) in [4.78, 5) is 42.6. The lowest BCUT2D eigenvalue weighted by Crippen LogP contribution is -2.41. The Kier molecular flexibility index (Phi) is 5.99. The van der Waals surface area contributed by atoms with Gasteiger partial charge in [0.05, 0.1) is 22.3 Å². The number of hydrogen-bond donors (Lipinski definition) is 2. The number of aromatic amines is 1. The van der Waals surface area contributed by atoms with Crippen LogP contribution in [0.5, 0.6) is 0 Å². The maximum atomic E-state index is 12.8. The van der Waals surface area contributed by atoms with Gasteiger partial charge in [-0.1, -0.05) is 24.3 Å². The summed E-state index contributed by atoms with van der Waals surface area (Å²) in [6.45, 7) is 6.62. The lowest BCUT2D eigenvalue weighted by Gasteiger charge is -2.33. The highest BCUT2D eigenvalue weighted by atomic mass is 16.6. The zero-order valence-electron chi connectivity index (χ0n) is 20.6. The van der Waals surface area contributed by atoms with E-state index >= 15 is 0 Å². The second-order valence-corrected chi connectivity index (χ2v) is 10.1. The molecule has 2 aromatic heterocycles. The van der Waals surface area contributed by atoms with Gasteiger partial charge in [-0.05, 0) is 57.9 Å². The van der Waals surface area contributed by atoms with E-state index in [4.69, 9.17) is 9.84 Å². The lowest BCUT2D eigenvalue weighted by atomic mass is 9.93. The average Bonchev–Trinajstić information content (AvgIpc) is 3.22. The van der Waals surface area contributed by atoms with Gasteiger partial charge in [-0.25, -0.2) is 9.31 Å². The Morgan fingerprint density at radius 1 is 1.06 bits per heavy atom. The van der Waals surface area contributed by atoms with Crippen LogP contribution >= 0.6 is 0 Å². The molecule has 2 amide bonds. The number of fused-ring (bicyclic) bond motifs is 3. The molecule has 9 heteroatoms. The second-order valence-electron chi connectivity index (χ2n) is 10.1. The number of hydrogen-bond acceptors (Lipinski definition) is 5. The number of likely N-dealkylation sites (tertiary alicyclic amines) is 1. The number of rotatable bonds is 3. The number of carbonyl (C=O) groups excluding carboxylic acids is 2. The quantitative estimate of drug-likeness (QED) is 0.441. The summed E-state index contributed by atoms with van der Waals surface area (Å²) >= 11 is 0. The van der Waals surface area contributed by atoms with Crippen molar-refractivity contribution in [3.8, 4) is 0 Å². The van der Waals surface area contributed by atoms with Crippen molar-refractivity contribution in [3.63, 3.8) is 0 Å². The lowest BCUT2D eigenvalue weighted by molar-refractivity contribution is 0.0203. The van der Waals surface area contributed by atoms with Crippen LogP contribution in [0.15, 0.2) is 59.4 Å². The van der Waals surface area contributed by atoms with Crippen molar-refractivity contribution in [2.45, 2.75) is 45.1 Å². The van der Waals surface area contributed by atoms with Crippen molar-refractivity contribution in [3.05, 3.63) is 76.2 Å². The first-order valence-corrected chi connectivity index (χ1v) is 12.1. The monoisotopic (exact) mass is 487 g/mol. The topological polar surface area (TPSA) is 109 Å². The summed E-state index contributed by atoms with van der Waals surface area (Å²) in [7, 11) is 0. The molecule has 4 aromatic rings. The normalized spacial score (nSPS) is 14.8. The van der Waals surface area contributed by atoms with Gasteiger partial charge >= 0.3 is 6.09 Å². The van der Waals surface area contributed by atoms with Crippen LogP contribution in [0.3, 0.4) is 0 Å². The minimum Gasteiger partial charge on any atom is -0.444 e. The number of ether oxygens (including phenoxy) is 1. The standard InChI is InChI=1S/C27H29N5O4/c1-27(2,3)36-26(35)31-14-12-17(13-15-31)21-16-22(33)29-24-23-19(10-7-11-20(23)30-32(21)24)28-25(34)18-8-5-4-6-9-18/h4-11,16-17H,12-15H2,1-3H3,(H,28,34)(H,29,33). The molecule has 1 saturated heterocycles. The van der Waals surface area contributed by atoms with Gasteiger partial charge in [-0.3, -0.25) is 9.59 Å². The van der Waals surface area contributed by atoms with Crippen molar-refractivity contribution in [2.75, 3.05) is 18.4 Å². The molecule has 3 heterocycles. The summed E-state index contributed by atoms with van der Waals surface area (Å²) in [6, 6.07) is 16.0. The van der Waals surface area contributed by atoms with E-state index in [1.54, 1.807) is 33.7 Å². The largest absolute Gasteiger partial charge is 0.444 e. The number of nitrogens with zero attached hydrogens (tertiary/aromatic N) is 3. The summed E-state index contributed by atoms with van der Waals surface area (Å²) in [5.41, 5.74) is 2.31. The number of amides is 2. The van der Waals surface area contributed by atoms with Crippen LogP contribution in [0.25, 0.3) is 16.6 Å². The van der Waals surface area contributed by atoms with Gasteiger partial charge in [0.15, 0.2) is 0 Å². The molecule has 1 aliphatic heterocycles. The Morgan fingerprint density at radius 2 is 1.78 bits per heavy atom. The molecule has 9 nitrogen and oxygen atoms in total. The minimum atomic E-state index is -0.546. The molecule has 2 aromatic carbocycles. The van der Waals surface area contributed by atoms with Crippen molar-refractivity contribution >= 4 is 34.2 Å². The Hall–Kier alpha value is -4.14. The van der Waals surface area contributed by atoms with E-state index in [1.807, 2.05) is 51.1 Å². The smallest absolute Gasteiger partial charge is 0.410 e. The Morgan fingerprint density at radius 3 is 2.47 bits per heavy atom. The minimum absolute atomic E-state index is 0.0464. The summed E-state index contributed by atoms with van der Waals surface area (Å²) < 4.78 is 7.27. The fraction of sp³-hybridized carbons (Fsp3) is 0.333. The van der Waals surface area contributed by atoms with Gasteiger partial charge < -0.3 is 19.9 Å². The van der Waals surface area contributed by atoms with Crippen LogP contribution in [0, 0.1) is 0 Å². The number of benzene rings is 2.